The highest BCUT2D eigenvalue weighted by Crippen LogP contribution is 2.33. The zero-order chi connectivity index (χ0) is 21.5. The first-order chi connectivity index (χ1) is 14.3. The summed E-state index contributed by atoms with van der Waals surface area (Å²) in [5.74, 6) is -0.689. The van der Waals surface area contributed by atoms with Gasteiger partial charge in [-0.2, -0.15) is 0 Å². The average Bonchev–Trinajstić information content (AvgIpc) is 3.09. The fourth-order valence-electron chi connectivity index (χ4n) is 3.75. The Labute approximate surface area is 175 Å². The number of para-hydroxylation sites is 1. The minimum Gasteiger partial charge on any atom is -0.305 e. The van der Waals surface area contributed by atoms with Gasteiger partial charge in [-0.3, -0.25) is 9.10 Å². The summed E-state index contributed by atoms with van der Waals surface area (Å²) in [5, 5.41) is 0. The molecular formula is C23H21FN2O3S. The summed E-state index contributed by atoms with van der Waals surface area (Å²) in [7, 11) is -2.52. The molecule has 154 valence electrons. The lowest BCUT2D eigenvalue weighted by Gasteiger charge is -2.24. The van der Waals surface area contributed by atoms with E-state index in [1.54, 1.807) is 17.0 Å². The lowest BCUT2D eigenvalue weighted by molar-refractivity contribution is 0.0981. The highest BCUT2D eigenvalue weighted by molar-refractivity contribution is 7.92. The molecule has 1 heterocycles. The van der Waals surface area contributed by atoms with Crippen LogP contribution in [0.25, 0.3) is 0 Å². The molecule has 3 aromatic carbocycles. The van der Waals surface area contributed by atoms with E-state index in [9.17, 15) is 17.6 Å². The molecule has 0 unspecified atom stereocenters. The van der Waals surface area contributed by atoms with E-state index in [-0.39, 0.29) is 16.8 Å². The van der Waals surface area contributed by atoms with Gasteiger partial charge in [0.2, 0.25) is 0 Å². The Bertz CT molecular complexity index is 1210. The van der Waals surface area contributed by atoms with Crippen LogP contribution in [0.3, 0.4) is 0 Å². The van der Waals surface area contributed by atoms with Gasteiger partial charge in [0, 0.05) is 24.3 Å². The van der Waals surface area contributed by atoms with E-state index in [2.05, 4.69) is 0 Å². The van der Waals surface area contributed by atoms with Crippen molar-refractivity contribution in [2.45, 2.75) is 24.3 Å². The molecule has 0 radical (unpaired) electrons. The zero-order valence-corrected chi connectivity index (χ0v) is 17.4. The number of benzene rings is 3. The highest BCUT2D eigenvalue weighted by Gasteiger charge is 2.32. The molecule has 1 atom stereocenters. The first kappa shape index (κ1) is 20.1. The maximum Gasteiger partial charge on any atom is 0.264 e. The molecule has 1 aliphatic heterocycles. The van der Waals surface area contributed by atoms with Gasteiger partial charge in [0.15, 0.2) is 0 Å². The van der Waals surface area contributed by atoms with E-state index in [0.717, 1.165) is 22.0 Å². The Morgan fingerprint density at radius 2 is 1.73 bits per heavy atom. The molecule has 0 bridgehead atoms. The Morgan fingerprint density at radius 3 is 2.47 bits per heavy atom. The monoisotopic (exact) mass is 424 g/mol. The molecule has 3 aromatic rings. The Balaban J connectivity index is 1.67. The van der Waals surface area contributed by atoms with Gasteiger partial charge >= 0.3 is 0 Å². The third-order valence-corrected chi connectivity index (χ3v) is 7.14. The second-order valence-corrected chi connectivity index (χ2v) is 9.30. The second-order valence-electron chi connectivity index (χ2n) is 7.33. The zero-order valence-electron chi connectivity index (χ0n) is 16.6. The number of hydrogen-bond acceptors (Lipinski definition) is 3. The fourth-order valence-corrected chi connectivity index (χ4v) is 4.99. The first-order valence-electron chi connectivity index (χ1n) is 9.55. The molecule has 0 fully saturated rings. The lowest BCUT2D eigenvalue weighted by Crippen LogP contribution is -2.36. The van der Waals surface area contributed by atoms with Gasteiger partial charge in [-0.25, -0.2) is 12.8 Å². The van der Waals surface area contributed by atoms with E-state index < -0.39 is 15.8 Å². The van der Waals surface area contributed by atoms with Crippen molar-refractivity contribution in [1.82, 2.24) is 0 Å². The van der Waals surface area contributed by atoms with Crippen molar-refractivity contribution in [1.29, 1.82) is 0 Å². The predicted octanol–water partition coefficient (Wildman–Crippen LogP) is 4.24. The topological polar surface area (TPSA) is 57.7 Å². The Kier molecular flexibility index (Phi) is 5.07. The lowest BCUT2D eigenvalue weighted by atomic mass is 10.1. The van der Waals surface area contributed by atoms with Crippen LogP contribution in [-0.4, -0.2) is 27.4 Å². The summed E-state index contributed by atoms with van der Waals surface area (Å²) in [6.07, 6.45) is 0.757. The van der Waals surface area contributed by atoms with Crippen LogP contribution >= 0.6 is 0 Å². The Morgan fingerprint density at radius 1 is 1.03 bits per heavy atom. The third kappa shape index (κ3) is 3.45. The second kappa shape index (κ2) is 7.57. The normalized spacial score (nSPS) is 15.7. The Hall–Kier alpha value is -3.19. The van der Waals surface area contributed by atoms with Crippen LogP contribution in [0.1, 0.15) is 22.8 Å². The molecule has 7 heteroatoms. The molecule has 0 spiro atoms. The summed E-state index contributed by atoms with van der Waals surface area (Å²) >= 11 is 0. The van der Waals surface area contributed by atoms with Crippen LogP contribution < -0.4 is 9.21 Å². The van der Waals surface area contributed by atoms with Crippen LogP contribution in [0.2, 0.25) is 0 Å². The number of fused-ring (bicyclic) bond motifs is 1. The molecule has 1 aliphatic rings. The minimum absolute atomic E-state index is 0.000287. The number of amides is 1. The van der Waals surface area contributed by atoms with Crippen molar-refractivity contribution < 1.29 is 17.6 Å². The average molecular weight is 424 g/mol. The molecular weight excluding hydrogens is 403 g/mol. The smallest absolute Gasteiger partial charge is 0.264 e. The van der Waals surface area contributed by atoms with E-state index in [4.69, 9.17) is 0 Å². The predicted molar refractivity (Wildman–Crippen MR) is 115 cm³/mol. The highest BCUT2D eigenvalue weighted by atomic mass is 32.2. The molecule has 0 N–H and O–H groups in total. The SMILES string of the molecule is C[C@H]1Cc2ccccc2N1C(=O)c1cccc(S(=O)(=O)N(C)c2ccc(F)cc2)c1. The standard InChI is InChI=1S/C23H21FN2O3S/c1-16-14-17-6-3-4-9-22(17)26(16)23(27)18-7-5-8-21(15-18)30(28,29)25(2)20-12-10-19(24)11-13-20/h3-13,15-16H,14H2,1-2H3/t16-/m0/s1. The van der Waals surface area contributed by atoms with E-state index in [1.165, 1.54) is 43.4 Å². The largest absolute Gasteiger partial charge is 0.305 e. The molecule has 0 aliphatic carbocycles. The maximum atomic E-state index is 13.3. The third-order valence-electron chi connectivity index (χ3n) is 5.36. The number of carbonyl (C=O) groups is 1. The molecule has 5 nitrogen and oxygen atoms in total. The number of sulfonamides is 1. The van der Waals surface area contributed by atoms with Crippen molar-refractivity contribution in [2.75, 3.05) is 16.3 Å². The van der Waals surface area contributed by atoms with Crippen LogP contribution in [-0.2, 0) is 16.4 Å². The van der Waals surface area contributed by atoms with Gasteiger partial charge in [0.25, 0.3) is 15.9 Å². The molecule has 30 heavy (non-hydrogen) atoms. The van der Waals surface area contributed by atoms with Crippen LogP contribution in [0.15, 0.2) is 77.7 Å². The molecule has 0 saturated heterocycles. The fraction of sp³-hybridized carbons (Fsp3) is 0.174. The number of halogens is 1. The van der Waals surface area contributed by atoms with Gasteiger partial charge in [-0.15, -0.1) is 0 Å². The van der Waals surface area contributed by atoms with Crippen molar-refractivity contribution in [3.05, 3.63) is 89.7 Å². The molecule has 4 rings (SSSR count). The van der Waals surface area contributed by atoms with Gasteiger partial charge < -0.3 is 4.90 Å². The first-order valence-corrected chi connectivity index (χ1v) is 11.0. The van der Waals surface area contributed by atoms with E-state index >= 15 is 0 Å². The van der Waals surface area contributed by atoms with Gasteiger partial charge in [0.1, 0.15) is 5.82 Å². The van der Waals surface area contributed by atoms with Crippen molar-refractivity contribution in [2.24, 2.45) is 0 Å². The number of carbonyl (C=O) groups excluding carboxylic acids is 1. The van der Waals surface area contributed by atoms with Crippen molar-refractivity contribution in [3.8, 4) is 0 Å². The summed E-state index contributed by atoms with van der Waals surface area (Å²) in [6.45, 7) is 1.97. The van der Waals surface area contributed by atoms with Gasteiger partial charge in [-0.1, -0.05) is 24.3 Å². The van der Waals surface area contributed by atoms with Crippen molar-refractivity contribution >= 4 is 27.3 Å². The van der Waals surface area contributed by atoms with Crippen LogP contribution in [0.5, 0.6) is 0 Å². The molecule has 0 aromatic heterocycles. The maximum absolute atomic E-state index is 13.3. The summed E-state index contributed by atoms with van der Waals surface area (Å²) in [4.78, 5) is 15.0. The number of anilines is 2. The van der Waals surface area contributed by atoms with Crippen molar-refractivity contribution in [3.63, 3.8) is 0 Å². The van der Waals surface area contributed by atoms with E-state index in [0.29, 0.717) is 11.3 Å². The summed E-state index contributed by atoms with van der Waals surface area (Å²) < 4.78 is 40.4. The molecule has 0 saturated carbocycles. The van der Waals surface area contributed by atoms with Gasteiger partial charge in [-0.05, 0) is 67.4 Å². The summed E-state index contributed by atoms with van der Waals surface area (Å²) in [5.41, 5.74) is 2.58. The van der Waals surface area contributed by atoms with Crippen LogP contribution in [0.4, 0.5) is 15.8 Å². The quantitative estimate of drug-likeness (QED) is 0.629. The van der Waals surface area contributed by atoms with Gasteiger partial charge in [0.05, 0.1) is 10.6 Å². The van der Waals surface area contributed by atoms with E-state index in [1.807, 2.05) is 31.2 Å². The van der Waals surface area contributed by atoms with Crippen LogP contribution in [0, 0.1) is 5.82 Å². The number of hydrogen-bond donors (Lipinski definition) is 0. The molecule has 1 amide bonds. The summed E-state index contributed by atoms with van der Waals surface area (Å²) in [6, 6.07) is 18.9. The number of rotatable bonds is 4. The minimum atomic E-state index is -3.92. The number of nitrogens with zero attached hydrogens (tertiary/aromatic N) is 2.